The summed E-state index contributed by atoms with van der Waals surface area (Å²) >= 11 is 0. The molecule has 146 valence electrons. The fraction of sp³-hybridized carbons (Fsp3) is 0.800. The van der Waals surface area contributed by atoms with Crippen LogP contribution in [0.3, 0.4) is 0 Å². The maximum absolute atomic E-state index is 5.24. The molecule has 2 heterocycles. The molecule has 1 aliphatic heterocycles. The first-order valence-corrected chi connectivity index (χ1v) is 10.4. The van der Waals surface area contributed by atoms with E-state index in [0.29, 0.717) is 6.04 Å². The van der Waals surface area contributed by atoms with E-state index >= 15 is 0 Å². The molecule has 2 N–H and O–H groups in total. The van der Waals surface area contributed by atoms with E-state index in [1.165, 1.54) is 57.2 Å². The van der Waals surface area contributed by atoms with Gasteiger partial charge in [-0.15, -0.1) is 0 Å². The molecule has 0 radical (unpaired) electrons. The van der Waals surface area contributed by atoms with Gasteiger partial charge >= 0.3 is 0 Å². The van der Waals surface area contributed by atoms with Crippen LogP contribution >= 0.6 is 0 Å². The minimum absolute atomic E-state index is 0.532. The van der Waals surface area contributed by atoms with Crippen LogP contribution in [0, 0.1) is 13.8 Å². The summed E-state index contributed by atoms with van der Waals surface area (Å²) in [5.74, 6) is 1.86. The minimum Gasteiger partial charge on any atom is -0.361 e. The maximum atomic E-state index is 5.24. The van der Waals surface area contributed by atoms with Gasteiger partial charge in [0.15, 0.2) is 5.96 Å². The van der Waals surface area contributed by atoms with Crippen molar-refractivity contribution in [2.24, 2.45) is 4.99 Å². The molecule has 1 saturated heterocycles. The molecular weight excluding hydrogens is 326 g/mol. The molecule has 1 saturated carbocycles. The van der Waals surface area contributed by atoms with Crippen LogP contribution in [0.25, 0.3) is 0 Å². The van der Waals surface area contributed by atoms with Crippen LogP contribution in [0.1, 0.15) is 62.5 Å². The lowest BCUT2D eigenvalue weighted by Crippen LogP contribution is -2.50. The Balaban J connectivity index is 1.47. The molecule has 1 aromatic heterocycles. The van der Waals surface area contributed by atoms with E-state index < -0.39 is 0 Å². The maximum Gasteiger partial charge on any atom is 0.191 e. The van der Waals surface area contributed by atoms with Gasteiger partial charge in [0, 0.05) is 43.8 Å². The normalized spacial score (nSPS) is 20.7. The Hall–Kier alpha value is -1.56. The van der Waals surface area contributed by atoms with Crippen molar-refractivity contribution in [3.8, 4) is 0 Å². The number of likely N-dealkylation sites (tertiary alicyclic amines) is 1. The van der Waals surface area contributed by atoms with Crippen LogP contribution in [0.4, 0.5) is 0 Å². The zero-order valence-corrected chi connectivity index (χ0v) is 16.7. The zero-order valence-electron chi connectivity index (χ0n) is 16.7. The van der Waals surface area contributed by atoms with Crippen LogP contribution in [0.15, 0.2) is 9.52 Å². The fourth-order valence-corrected chi connectivity index (χ4v) is 4.33. The van der Waals surface area contributed by atoms with E-state index in [1.54, 1.807) is 0 Å². The Morgan fingerprint density at radius 1 is 1.19 bits per heavy atom. The molecule has 0 atom stereocenters. The van der Waals surface area contributed by atoms with E-state index in [1.807, 2.05) is 13.8 Å². The van der Waals surface area contributed by atoms with Crippen LogP contribution < -0.4 is 10.6 Å². The lowest BCUT2D eigenvalue weighted by Gasteiger charge is -2.36. The van der Waals surface area contributed by atoms with Crippen molar-refractivity contribution in [3.05, 3.63) is 17.0 Å². The summed E-state index contributed by atoms with van der Waals surface area (Å²) in [6, 6.07) is 1.39. The van der Waals surface area contributed by atoms with Crippen LogP contribution in [-0.4, -0.2) is 54.3 Å². The first kappa shape index (κ1) is 19.2. The Labute approximate surface area is 157 Å². The van der Waals surface area contributed by atoms with E-state index in [-0.39, 0.29) is 0 Å². The smallest absolute Gasteiger partial charge is 0.191 e. The second kappa shape index (κ2) is 9.40. The molecule has 0 amide bonds. The standard InChI is InChI=1S/C20H35N5O/c1-4-21-20(22-12-9-19-15(2)24-26-16(19)3)23-17-10-13-25(14-11-17)18-7-5-6-8-18/h17-18H,4-14H2,1-3H3,(H2,21,22,23). The Kier molecular flexibility index (Phi) is 6.94. The number of nitrogens with zero attached hydrogens (tertiary/aromatic N) is 3. The van der Waals surface area contributed by atoms with Crippen LogP contribution in [-0.2, 0) is 6.42 Å². The summed E-state index contributed by atoms with van der Waals surface area (Å²) in [5, 5.41) is 11.1. The number of hydrogen-bond donors (Lipinski definition) is 2. The third-order valence-corrected chi connectivity index (χ3v) is 5.87. The monoisotopic (exact) mass is 361 g/mol. The lowest BCUT2D eigenvalue weighted by molar-refractivity contribution is 0.150. The van der Waals surface area contributed by atoms with Gasteiger partial charge in [0.2, 0.25) is 0 Å². The third kappa shape index (κ3) is 5.00. The summed E-state index contributed by atoms with van der Waals surface area (Å²) in [6.07, 6.45) is 8.96. The van der Waals surface area contributed by atoms with Crippen molar-refractivity contribution in [1.82, 2.24) is 20.7 Å². The molecule has 6 heteroatoms. The third-order valence-electron chi connectivity index (χ3n) is 5.87. The second-order valence-corrected chi connectivity index (χ2v) is 7.71. The van der Waals surface area contributed by atoms with Crippen molar-refractivity contribution in [3.63, 3.8) is 0 Å². The van der Waals surface area contributed by atoms with Gasteiger partial charge in [-0.25, -0.2) is 0 Å². The van der Waals surface area contributed by atoms with Gasteiger partial charge < -0.3 is 20.1 Å². The number of aromatic nitrogens is 1. The van der Waals surface area contributed by atoms with Gasteiger partial charge in [0.05, 0.1) is 5.69 Å². The minimum atomic E-state index is 0.532. The van der Waals surface area contributed by atoms with Crippen molar-refractivity contribution in [2.75, 3.05) is 26.2 Å². The molecule has 6 nitrogen and oxygen atoms in total. The molecule has 2 fully saturated rings. The van der Waals surface area contributed by atoms with Gasteiger partial charge in [-0.2, -0.15) is 0 Å². The highest BCUT2D eigenvalue weighted by Crippen LogP contribution is 2.26. The summed E-state index contributed by atoms with van der Waals surface area (Å²) in [7, 11) is 0. The highest BCUT2D eigenvalue weighted by atomic mass is 16.5. The van der Waals surface area contributed by atoms with E-state index in [0.717, 1.165) is 43.0 Å². The fourth-order valence-electron chi connectivity index (χ4n) is 4.33. The van der Waals surface area contributed by atoms with E-state index in [9.17, 15) is 0 Å². The van der Waals surface area contributed by atoms with Crippen LogP contribution in [0.5, 0.6) is 0 Å². The van der Waals surface area contributed by atoms with Crippen molar-refractivity contribution < 1.29 is 4.52 Å². The van der Waals surface area contributed by atoms with Gasteiger partial charge in [0.1, 0.15) is 5.76 Å². The van der Waals surface area contributed by atoms with Gasteiger partial charge in [-0.05, 0) is 52.9 Å². The molecule has 2 aliphatic rings. The molecule has 0 spiro atoms. The molecule has 1 aromatic rings. The van der Waals surface area contributed by atoms with Gasteiger partial charge in [-0.3, -0.25) is 4.99 Å². The predicted molar refractivity (Wildman–Crippen MR) is 106 cm³/mol. The number of piperidine rings is 1. The van der Waals surface area contributed by atoms with E-state index in [4.69, 9.17) is 9.52 Å². The number of rotatable bonds is 6. The molecule has 1 aliphatic carbocycles. The molecule has 0 unspecified atom stereocenters. The summed E-state index contributed by atoms with van der Waals surface area (Å²) in [5.41, 5.74) is 2.17. The molecule has 26 heavy (non-hydrogen) atoms. The molecular formula is C20H35N5O. The summed E-state index contributed by atoms with van der Waals surface area (Å²) < 4.78 is 5.24. The largest absolute Gasteiger partial charge is 0.361 e. The zero-order chi connectivity index (χ0) is 18.4. The van der Waals surface area contributed by atoms with Gasteiger partial charge in [-0.1, -0.05) is 18.0 Å². The van der Waals surface area contributed by atoms with Crippen molar-refractivity contribution in [1.29, 1.82) is 0 Å². The highest BCUT2D eigenvalue weighted by molar-refractivity contribution is 5.80. The number of nitrogens with one attached hydrogen (secondary N) is 2. The Morgan fingerprint density at radius 3 is 2.54 bits per heavy atom. The first-order valence-electron chi connectivity index (χ1n) is 10.4. The first-order chi connectivity index (χ1) is 12.7. The van der Waals surface area contributed by atoms with Gasteiger partial charge in [0.25, 0.3) is 0 Å². The quantitative estimate of drug-likeness (QED) is 0.602. The average molecular weight is 362 g/mol. The number of aryl methyl sites for hydroxylation is 2. The lowest BCUT2D eigenvalue weighted by atomic mass is 10.0. The van der Waals surface area contributed by atoms with Crippen LogP contribution in [0.2, 0.25) is 0 Å². The number of guanidine groups is 1. The number of hydrogen-bond acceptors (Lipinski definition) is 4. The predicted octanol–water partition coefficient (Wildman–Crippen LogP) is 2.80. The Bertz CT molecular complexity index is 564. The summed E-state index contributed by atoms with van der Waals surface area (Å²) in [4.78, 5) is 7.49. The Morgan fingerprint density at radius 2 is 1.92 bits per heavy atom. The molecule has 3 rings (SSSR count). The topological polar surface area (TPSA) is 65.7 Å². The highest BCUT2D eigenvalue weighted by Gasteiger charge is 2.27. The molecule has 0 aromatic carbocycles. The molecule has 0 bridgehead atoms. The SMILES string of the molecule is CCNC(=NCCc1c(C)noc1C)NC1CCN(C2CCCC2)CC1. The van der Waals surface area contributed by atoms with Crippen molar-refractivity contribution in [2.45, 2.75) is 77.8 Å². The van der Waals surface area contributed by atoms with E-state index in [2.05, 4.69) is 27.6 Å². The summed E-state index contributed by atoms with van der Waals surface area (Å²) in [6.45, 7) is 10.2. The number of aliphatic imine (C=N–C) groups is 1. The second-order valence-electron chi connectivity index (χ2n) is 7.71. The van der Waals surface area contributed by atoms with Crippen molar-refractivity contribution >= 4 is 5.96 Å². The average Bonchev–Trinajstić information content (AvgIpc) is 3.28.